The molecule has 0 spiro atoms. The average molecular weight is 553 g/mol. The van der Waals surface area contributed by atoms with E-state index in [4.69, 9.17) is 18.9 Å². The second-order valence-electron chi connectivity index (χ2n) is 9.72. The van der Waals surface area contributed by atoms with Crippen molar-refractivity contribution in [2.24, 2.45) is 0 Å². The van der Waals surface area contributed by atoms with E-state index in [1.165, 1.54) is 0 Å². The zero-order valence-electron chi connectivity index (χ0n) is 23.9. The van der Waals surface area contributed by atoms with Crippen LogP contribution in [0.3, 0.4) is 0 Å². The Balaban J connectivity index is 1.80. The average Bonchev–Trinajstić information content (AvgIpc) is 3.23. The van der Waals surface area contributed by atoms with Crippen molar-refractivity contribution in [3.63, 3.8) is 0 Å². The smallest absolute Gasteiger partial charge is 0.295 e. The highest BCUT2D eigenvalue weighted by atomic mass is 16.6. The van der Waals surface area contributed by atoms with Crippen LogP contribution in [0.4, 0.5) is 0 Å². The lowest BCUT2D eigenvalue weighted by molar-refractivity contribution is -0.140. The molecule has 2 heterocycles. The van der Waals surface area contributed by atoms with Crippen LogP contribution in [0.15, 0.2) is 42.0 Å². The number of amides is 1. The molecule has 0 unspecified atom stereocenters. The molecule has 2 aliphatic heterocycles. The van der Waals surface area contributed by atoms with E-state index < -0.39 is 17.7 Å². The molecule has 1 amide bonds. The molecule has 1 fully saturated rings. The predicted octanol–water partition coefficient (Wildman–Crippen LogP) is 4.80. The molecular formula is C31H40N2O7. The Morgan fingerprint density at radius 1 is 0.975 bits per heavy atom. The highest BCUT2D eigenvalue weighted by Gasteiger charge is 2.46. The Morgan fingerprint density at radius 3 is 2.42 bits per heavy atom. The monoisotopic (exact) mass is 552 g/mol. The molecule has 40 heavy (non-hydrogen) atoms. The maximum Gasteiger partial charge on any atom is 0.295 e. The van der Waals surface area contributed by atoms with Crippen LogP contribution in [0.25, 0.3) is 5.76 Å². The number of benzene rings is 2. The van der Waals surface area contributed by atoms with Crippen LogP contribution < -0.4 is 18.9 Å². The molecule has 1 saturated heterocycles. The summed E-state index contributed by atoms with van der Waals surface area (Å²) in [5.41, 5.74) is 1.06. The third-order valence-electron chi connectivity index (χ3n) is 7.25. The normalized spacial score (nSPS) is 17.9. The maximum atomic E-state index is 13.5. The van der Waals surface area contributed by atoms with Gasteiger partial charge in [-0.2, -0.15) is 0 Å². The molecule has 2 aliphatic rings. The molecule has 2 aromatic carbocycles. The highest BCUT2D eigenvalue weighted by molar-refractivity contribution is 6.46. The second kappa shape index (κ2) is 13.6. The first-order valence-corrected chi connectivity index (χ1v) is 14.2. The lowest BCUT2D eigenvalue weighted by Crippen LogP contribution is -2.38. The van der Waals surface area contributed by atoms with Gasteiger partial charge in [0.05, 0.1) is 24.8 Å². The highest BCUT2D eigenvalue weighted by Crippen LogP contribution is 2.43. The number of aliphatic hydroxyl groups is 1. The van der Waals surface area contributed by atoms with Gasteiger partial charge in [-0.1, -0.05) is 33.3 Å². The summed E-state index contributed by atoms with van der Waals surface area (Å²) in [5.74, 6) is 0.562. The number of rotatable bonds is 13. The van der Waals surface area contributed by atoms with Crippen molar-refractivity contribution in [3.05, 3.63) is 53.1 Å². The first-order chi connectivity index (χ1) is 19.4. The van der Waals surface area contributed by atoms with Crippen molar-refractivity contribution in [1.82, 2.24) is 9.80 Å². The number of hydrogen-bond acceptors (Lipinski definition) is 8. The van der Waals surface area contributed by atoms with Gasteiger partial charge in [0.2, 0.25) is 0 Å². The van der Waals surface area contributed by atoms with Gasteiger partial charge in [-0.15, -0.1) is 0 Å². The Bertz CT molecular complexity index is 1240. The molecule has 9 heteroatoms. The van der Waals surface area contributed by atoms with Gasteiger partial charge in [0.15, 0.2) is 23.0 Å². The van der Waals surface area contributed by atoms with E-state index in [1.807, 2.05) is 25.1 Å². The molecule has 1 atom stereocenters. The summed E-state index contributed by atoms with van der Waals surface area (Å²) in [7, 11) is 0. The Morgan fingerprint density at radius 2 is 1.73 bits per heavy atom. The predicted molar refractivity (Wildman–Crippen MR) is 152 cm³/mol. The Kier molecular flexibility index (Phi) is 9.93. The first kappa shape index (κ1) is 29.3. The number of carbonyl (C=O) groups excluding carboxylic acids is 2. The number of ketones is 1. The summed E-state index contributed by atoms with van der Waals surface area (Å²) in [4.78, 5) is 30.7. The molecule has 1 N–H and O–H groups in total. The van der Waals surface area contributed by atoms with Crippen LogP contribution in [0, 0.1) is 0 Å². The number of likely N-dealkylation sites (tertiary alicyclic amines) is 1. The molecule has 0 saturated carbocycles. The molecular weight excluding hydrogens is 512 g/mol. The first-order valence-electron chi connectivity index (χ1n) is 14.2. The number of hydrogen-bond donors (Lipinski definition) is 1. The minimum Gasteiger partial charge on any atom is -0.507 e. The zero-order chi connectivity index (χ0) is 28.6. The van der Waals surface area contributed by atoms with E-state index in [2.05, 4.69) is 25.7 Å². The minimum absolute atomic E-state index is 0.0309. The topological polar surface area (TPSA) is 97.8 Å². The van der Waals surface area contributed by atoms with E-state index in [0.29, 0.717) is 73.6 Å². The van der Waals surface area contributed by atoms with Crippen molar-refractivity contribution >= 4 is 17.4 Å². The van der Waals surface area contributed by atoms with Crippen LogP contribution in [0.5, 0.6) is 23.0 Å². The summed E-state index contributed by atoms with van der Waals surface area (Å²) in [5, 5.41) is 11.5. The second-order valence-corrected chi connectivity index (χ2v) is 9.72. The number of unbranched alkanes of at least 4 members (excludes halogenated alkanes) is 1. The van der Waals surface area contributed by atoms with Gasteiger partial charge in [0, 0.05) is 18.7 Å². The summed E-state index contributed by atoms with van der Waals surface area (Å²) in [6, 6.07) is 9.66. The number of aliphatic hydroxyl groups excluding tert-OH is 1. The number of nitrogens with zero attached hydrogens (tertiary/aromatic N) is 2. The standard InChI is InChI=1S/C31H40N2O7/c1-5-9-16-38-23-12-10-21(19-25(23)37-8-4)28-27(30(35)31(36)33(28)15-14-32(6-2)7-3)29(34)22-11-13-24-26(20-22)40-18-17-39-24/h10-13,19-20,28,34H,5-9,14-18H2,1-4H3/t28-/m0/s1. The zero-order valence-corrected chi connectivity index (χ0v) is 23.9. The molecule has 0 bridgehead atoms. The third-order valence-corrected chi connectivity index (χ3v) is 7.25. The molecule has 0 aromatic heterocycles. The molecule has 0 radical (unpaired) electrons. The SMILES string of the molecule is CCCCOc1ccc([C@H]2C(=C(O)c3ccc4c(c3)OCCO4)C(=O)C(=O)N2CCN(CC)CC)cc1OCC. The van der Waals surface area contributed by atoms with E-state index in [0.717, 1.165) is 25.9 Å². The van der Waals surface area contributed by atoms with Crippen LogP contribution in [0.1, 0.15) is 57.7 Å². The third kappa shape index (κ3) is 6.20. The van der Waals surface area contributed by atoms with Crippen molar-refractivity contribution in [2.45, 2.75) is 46.6 Å². The van der Waals surface area contributed by atoms with Gasteiger partial charge >= 0.3 is 0 Å². The van der Waals surface area contributed by atoms with Gasteiger partial charge in [0.1, 0.15) is 19.0 Å². The fourth-order valence-electron chi connectivity index (χ4n) is 5.00. The van der Waals surface area contributed by atoms with Crippen molar-refractivity contribution < 1.29 is 33.6 Å². The summed E-state index contributed by atoms with van der Waals surface area (Å²) in [6.45, 7) is 12.5. The summed E-state index contributed by atoms with van der Waals surface area (Å²) < 4.78 is 23.1. The number of carbonyl (C=O) groups is 2. The number of likely N-dealkylation sites (N-methyl/N-ethyl adjacent to an activating group) is 1. The van der Waals surface area contributed by atoms with Gasteiger partial charge < -0.3 is 33.9 Å². The lowest BCUT2D eigenvalue weighted by atomic mass is 9.94. The minimum atomic E-state index is -0.798. The molecule has 0 aliphatic carbocycles. The molecule has 216 valence electrons. The van der Waals surface area contributed by atoms with Crippen molar-refractivity contribution in [2.75, 3.05) is 52.6 Å². The molecule has 9 nitrogen and oxygen atoms in total. The fraction of sp³-hybridized carbons (Fsp3) is 0.484. The van der Waals surface area contributed by atoms with E-state index in [1.54, 1.807) is 23.1 Å². The lowest BCUT2D eigenvalue weighted by Gasteiger charge is -2.28. The number of ether oxygens (including phenoxy) is 4. The fourth-order valence-corrected chi connectivity index (χ4v) is 5.00. The van der Waals surface area contributed by atoms with Crippen LogP contribution in [-0.2, 0) is 9.59 Å². The van der Waals surface area contributed by atoms with Gasteiger partial charge in [0.25, 0.3) is 11.7 Å². The van der Waals surface area contributed by atoms with Crippen LogP contribution in [-0.4, -0.2) is 79.2 Å². The Labute approximate surface area is 236 Å². The van der Waals surface area contributed by atoms with E-state index >= 15 is 0 Å². The van der Waals surface area contributed by atoms with E-state index in [-0.39, 0.29) is 11.3 Å². The van der Waals surface area contributed by atoms with E-state index in [9.17, 15) is 14.7 Å². The summed E-state index contributed by atoms with van der Waals surface area (Å²) in [6.07, 6.45) is 1.91. The summed E-state index contributed by atoms with van der Waals surface area (Å²) >= 11 is 0. The molecule has 4 rings (SSSR count). The quantitative estimate of drug-likeness (QED) is 0.164. The van der Waals surface area contributed by atoms with Crippen molar-refractivity contribution in [1.29, 1.82) is 0 Å². The van der Waals surface area contributed by atoms with Crippen LogP contribution >= 0.6 is 0 Å². The maximum absolute atomic E-state index is 13.5. The van der Waals surface area contributed by atoms with Gasteiger partial charge in [-0.3, -0.25) is 9.59 Å². The molecule has 2 aromatic rings. The van der Waals surface area contributed by atoms with Gasteiger partial charge in [-0.25, -0.2) is 0 Å². The number of Topliss-reactive ketones (excluding diaryl/α,β-unsaturated/α-hetero) is 1. The van der Waals surface area contributed by atoms with Crippen LogP contribution in [0.2, 0.25) is 0 Å². The van der Waals surface area contributed by atoms with Gasteiger partial charge in [-0.05, 0) is 62.3 Å². The largest absolute Gasteiger partial charge is 0.507 e. The Hall–Kier alpha value is -3.72. The van der Waals surface area contributed by atoms with Crippen molar-refractivity contribution in [3.8, 4) is 23.0 Å². The number of fused-ring (bicyclic) bond motifs is 1.